The molecule has 1 amide bonds. The average molecular weight is 1010 g/mol. The maximum absolute atomic E-state index is 14.0. The largest absolute Gasteiger partial charge is 0.493 e. The molecule has 0 radical (unpaired) electrons. The molecule has 0 saturated carbocycles. The number of aliphatic hydroxyl groups excluding tert-OH is 2. The van der Waals surface area contributed by atoms with Gasteiger partial charge in [0, 0.05) is 30.0 Å². The Morgan fingerprint density at radius 3 is 1.92 bits per heavy atom. The second-order valence-electron chi connectivity index (χ2n) is 19.1. The van der Waals surface area contributed by atoms with E-state index in [1.807, 2.05) is 109 Å². The van der Waals surface area contributed by atoms with Crippen molar-refractivity contribution in [2.24, 2.45) is 5.92 Å². The molecule has 13 nitrogen and oxygen atoms in total. The summed E-state index contributed by atoms with van der Waals surface area (Å²) in [5, 5.41) is 43.0. The summed E-state index contributed by atoms with van der Waals surface area (Å²) in [6, 6.07) is 39.3. The molecule has 1 unspecified atom stereocenters. The fourth-order valence-electron chi connectivity index (χ4n) is 9.43. The van der Waals surface area contributed by atoms with Crippen LogP contribution >= 0.6 is 0 Å². The number of carboxylic acid groups (broad SMARTS) is 1. The van der Waals surface area contributed by atoms with E-state index in [-0.39, 0.29) is 42.9 Å². The van der Waals surface area contributed by atoms with Gasteiger partial charge in [-0.05, 0) is 140 Å². The van der Waals surface area contributed by atoms with Crippen molar-refractivity contribution in [3.05, 3.63) is 150 Å². The molecule has 74 heavy (non-hydrogen) atoms. The Balaban J connectivity index is 0.000000281. The van der Waals surface area contributed by atoms with Crippen molar-refractivity contribution in [3.8, 4) is 51.5 Å². The van der Waals surface area contributed by atoms with Crippen molar-refractivity contribution in [2.75, 3.05) is 53.9 Å². The minimum atomic E-state index is -1.18. The number of nitriles is 1. The highest BCUT2D eigenvalue weighted by atomic mass is 19.1. The third kappa shape index (κ3) is 15.0. The number of hydrogen-bond acceptors (Lipinski definition) is 10. The summed E-state index contributed by atoms with van der Waals surface area (Å²) in [5.41, 5.74) is 6.38. The first-order chi connectivity index (χ1) is 35.5. The first kappa shape index (κ1) is 57.7. The monoisotopic (exact) mass is 1010 g/mol. The summed E-state index contributed by atoms with van der Waals surface area (Å²) >= 11 is 0. The lowest BCUT2D eigenvalue weighted by Crippen LogP contribution is -2.32. The molecule has 0 aliphatic carbocycles. The predicted octanol–water partition coefficient (Wildman–Crippen LogP) is 11.4. The lowest BCUT2D eigenvalue weighted by Gasteiger charge is -2.32. The molecule has 0 fully saturated rings. The molecule has 1 heterocycles. The third-order valence-corrected chi connectivity index (χ3v) is 13.4. The number of hydrogen-bond donors (Lipinski definition) is 4. The summed E-state index contributed by atoms with van der Waals surface area (Å²) < 4.78 is 37.6. The van der Waals surface area contributed by atoms with Crippen molar-refractivity contribution >= 4 is 17.6 Å². The predicted molar refractivity (Wildman–Crippen MR) is 289 cm³/mol. The van der Waals surface area contributed by atoms with Crippen molar-refractivity contribution in [1.82, 2.24) is 9.47 Å². The molecule has 0 aliphatic rings. The van der Waals surface area contributed by atoms with E-state index in [9.17, 15) is 29.5 Å². The number of nitrogens with zero attached hydrogens (tertiary/aromatic N) is 3. The molecule has 0 saturated heterocycles. The average Bonchev–Trinajstić information content (AvgIpc) is 3.74. The standard InChI is InChI=1S/C33H35FN2O5.C27H38N2O4/c1-21(2)31-30(33(41)35-25-11-7-4-8-12-25)29(22-9-5-3-6-10-22)32(23-13-15-24(34)16-14-23)36(31)18-17-26(37)19-27(38)20-28(39)40;1-20(2)27(19-28,22-10-12-24(31-5)26(18-22)33-7)14-8-15-29(3)16-13-21-9-11-23(30-4)25(17-21)32-6/h3-16,21,26-27,37-38H,17-20H2,1-2H3,(H,35,41)(H,39,40);9-12,17-18,20H,8,13-16H2,1-7H3/t26-,27-;/m1./s1. The van der Waals surface area contributed by atoms with Gasteiger partial charge in [0.1, 0.15) is 5.82 Å². The summed E-state index contributed by atoms with van der Waals surface area (Å²) in [5.74, 6) is 1.05. The Morgan fingerprint density at radius 1 is 0.757 bits per heavy atom. The Morgan fingerprint density at radius 2 is 1.35 bits per heavy atom. The number of aliphatic carboxylic acids is 1. The molecule has 6 rings (SSSR count). The van der Waals surface area contributed by atoms with Crippen molar-refractivity contribution in [2.45, 2.75) is 96.3 Å². The second kappa shape index (κ2) is 27.8. The van der Waals surface area contributed by atoms with Gasteiger partial charge in [-0.1, -0.05) is 88.4 Å². The van der Waals surface area contributed by atoms with Gasteiger partial charge in [0.15, 0.2) is 23.0 Å². The number of aliphatic hydroxyl groups is 2. The SMILES string of the molecule is CC(C)c1c(C(=O)Nc2ccccc2)c(-c2ccccc2)c(-c2ccc(F)cc2)n1CC[C@@H](O)C[C@@H](O)CC(=O)O.COc1ccc(CCN(C)CCCC(C#N)(c2ccc(OC)c(OC)c2)C(C)C)cc1OC. The molecular weight excluding hydrogens is 940 g/mol. The van der Waals surface area contributed by atoms with Gasteiger partial charge in [-0.15, -0.1) is 0 Å². The van der Waals surface area contributed by atoms with Gasteiger partial charge in [-0.2, -0.15) is 5.26 Å². The highest BCUT2D eigenvalue weighted by Crippen LogP contribution is 2.44. The van der Waals surface area contributed by atoms with E-state index in [1.54, 1.807) is 40.6 Å². The molecule has 14 heteroatoms. The number of benzene rings is 5. The van der Waals surface area contributed by atoms with E-state index >= 15 is 0 Å². The number of rotatable bonds is 25. The molecule has 4 N–H and O–H groups in total. The molecule has 0 spiro atoms. The summed E-state index contributed by atoms with van der Waals surface area (Å²) in [7, 11) is 8.67. The molecular formula is C60H73FN4O9. The van der Waals surface area contributed by atoms with E-state index in [0.29, 0.717) is 39.6 Å². The number of carbonyl (C=O) groups excluding carboxylic acids is 1. The summed E-state index contributed by atoms with van der Waals surface area (Å²) in [6.07, 6.45) is 0.104. The molecule has 0 bridgehead atoms. The Kier molecular flexibility index (Phi) is 21.6. The van der Waals surface area contributed by atoms with E-state index in [0.717, 1.165) is 60.7 Å². The van der Waals surface area contributed by atoms with Gasteiger partial charge in [0.2, 0.25) is 0 Å². The van der Waals surface area contributed by atoms with Gasteiger partial charge in [0.25, 0.3) is 5.91 Å². The third-order valence-electron chi connectivity index (χ3n) is 13.4. The van der Waals surface area contributed by atoms with E-state index in [4.69, 9.17) is 24.1 Å². The Hall–Kier alpha value is -7.18. The smallest absolute Gasteiger partial charge is 0.305 e. The van der Waals surface area contributed by atoms with Crippen LogP contribution in [0.5, 0.6) is 23.0 Å². The van der Waals surface area contributed by atoms with E-state index in [2.05, 4.69) is 43.2 Å². The van der Waals surface area contributed by atoms with Crippen LogP contribution in [-0.4, -0.2) is 97.4 Å². The number of amides is 1. The van der Waals surface area contributed by atoms with Gasteiger partial charge in [-0.3, -0.25) is 9.59 Å². The van der Waals surface area contributed by atoms with Gasteiger partial charge < -0.3 is 49.1 Å². The number of likely N-dealkylation sites (N-methyl/N-ethyl adjacent to an activating group) is 1. The summed E-state index contributed by atoms with van der Waals surface area (Å²) in [6.45, 7) is 10.3. The zero-order valence-electron chi connectivity index (χ0n) is 44.2. The van der Waals surface area contributed by atoms with Crippen LogP contribution in [-0.2, 0) is 23.2 Å². The maximum atomic E-state index is 14.0. The highest BCUT2D eigenvalue weighted by molar-refractivity contribution is 6.12. The quantitative estimate of drug-likeness (QED) is 0.0429. The number of anilines is 1. The minimum Gasteiger partial charge on any atom is -0.493 e. The number of nitrogens with one attached hydrogen (secondary N) is 1. The van der Waals surface area contributed by atoms with Crippen LogP contribution in [0, 0.1) is 23.1 Å². The number of methoxy groups -OCH3 is 4. The number of carbonyl (C=O) groups is 2. The van der Waals surface area contributed by atoms with Crippen LogP contribution in [0.1, 0.15) is 92.9 Å². The van der Waals surface area contributed by atoms with Crippen LogP contribution in [0.25, 0.3) is 22.4 Å². The number of aromatic nitrogens is 1. The van der Waals surface area contributed by atoms with Crippen molar-refractivity contribution in [3.63, 3.8) is 0 Å². The second-order valence-corrected chi connectivity index (χ2v) is 19.1. The van der Waals surface area contributed by atoms with Crippen LogP contribution < -0.4 is 24.3 Å². The topological polar surface area (TPSA) is 176 Å². The summed E-state index contributed by atoms with van der Waals surface area (Å²) in [4.78, 5) is 27.3. The molecule has 6 aromatic rings. The van der Waals surface area contributed by atoms with Crippen LogP contribution in [0.15, 0.2) is 121 Å². The molecule has 5 aromatic carbocycles. The number of ether oxygens (including phenoxy) is 4. The lowest BCUT2D eigenvalue weighted by atomic mass is 9.69. The Bertz CT molecular complexity index is 2780. The molecule has 1 aromatic heterocycles. The van der Waals surface area contributed by atoms with Gasteiger partial charge in [-0.25, -0.2) is 4.39 Å². The van der Waals surface area contributed by atoms with Gasteiger partial charge >= 0.3 is 5.97 Å². The maximum Gasteiger partial charge on any atom is 0.305 e. The van der Waals surface area contributed by atoms with Crippen molar-refractivity contribution < 1.29 is 48.2 Å². The van der Waals surface area contributed by atoms with Crippen molar-refractivity contribution in [1.29, 1.82) is 5.26 Å². The first-order valence-electron chi connectivity index (χ1n) is 25.1. The molecule has 3 atom stereocenters. The minimum absolute atomic E-state index is 0.0939. The molecule has 0 aliphatic heterocycles. The lowest BCUT2D eigenvalue weighted by molar-refractivity contribution is -0.139. The fraction of sp³-hybridized carbons (Fsp3) is 0.383. The number of halogens is 1. The molecule has 394 valence electrons. The highest BCUT2D eigenvalue weighted by Gasteiger charge is 2.37. The van der Waals surface area contributed by atoms with E-state index < -0.39 is 30.0 Å². The zero-order chi connectivity index (χ0) is 54.0. The number of carboxylic acids is 1. The van der Waals surface area contributed by atoms with Crippen LogP contribution in [0.2, 0.25) is 0 Å². The zero-order valence-corrected chi connectivity index (χ0v) is 44.2. The van der Waals surface area contributed by atoms with Crippen LogP contribution in [0.3, 0.4) is 0 Å². The number of para-hydroxylation sites is 1. The van der Waals surface area contributed by atoms with Gasteiger partial charge in [0.05, 0.1) is 69.8 Å². The van der Waals surface area contributed by atoms with Crippen LogP contribution in [0.4, 0.5) is 10.1 Å². The van der Waals surface area contributed by atoms with E-state index in [1.165, 1.54) is 17.7 Å². The normalized spacial score (nSPS) is 12.8. The fourth-order valence-corrected chi connectivity index (χ4v) is 9.43. The Labute approximate surface area is 436 Å². The first-order valence-corrected chi connectivity index (χ1v) is 25.1.